The first-order chi connectivity index (χ1) is 13.5. The van der Waals surface area contributed by atoms with E-state index in [2.05, 4.69) is 15.0 Å². The normalized spacial score (nSPS) is 15.3. The number of nitrogens with zero attached hydrogens (tertiary/aromatic N) is 1. The zero-order chi connectivity index (χ0) is 19.8. The number of carbonyl (C=O) groups excluding carboxylic acids is 1. The molecule has 150 valence electrons. The van der Waals surface area contributed by atoms with E-state index < -0.39 is 10.0 Å². The third-order valence-corrected chi connectivity index (χ3v) is 6.55. The highest BCUT2D eigenvalue weighted by atomic mass is 32.2. The molecular weight excluding hydrogens is 374 g/mol. The molecule has 7 heteroatoms. The average Bonchev–Trinajstić information content (AvgIpc) is 2.72. The van der Waals surface area contributed by atoms with Crippen LogP contribution in [0.15, 0.2) is 53.7 Å². The zero-order valence-electron chi connectivity index (χ0n) is 15.9. The van der Waals surface area contributed by atoms with Crippen molar-refractivity contribution in [1.29, 1.82) is 0 Å². The van der Waals surface area contributed by atoms with Crippen LogP contribution >= 0.6 is 0 Å². The number of carbonyl (C=O) groups is 1. The standard InChI is InChI=1S/C21H27N3O3S/c25-21(23-16-18-5-4-14-22-15-18)13-10-17-8-11-20(12-9-17)28(26,27)24-19-6-2-1-3-7-19/h4-5,8-9,11-12,14-15,19,24H,1-3,6-7,10,13,16H2,(H,23,25). The van der Waals surface area contributed by atoms with Gasteiger partial charge in [0.05, 0.1) is 4.90 Å². The van der Waals surface area contributed by atoms with Crippen molar-refractivity contribution in [3.8, 4) is 0 Å². The number of aryl methyl sites for hydroxylation is 1. The van der Waals surface area contributed by atoms with Gasteiger partial charge in [-0.15, -0.1) is 0 Å². The lowest BCUT2D eigenvalue weighted by atomic mass is 9.96. The summed E-state index contributed by atoms with van der Waals surface area (Å²) < 4.78 is 27.9. The highest BCUT2D eigenvalue weighted by Gasteiger charge is 2.21. The zero-order valence-corrected chi connectivity index (χ0v) is 16.7. The number of sulfonamides is 1. The third kappa shape index (κ3) is 6.14. The Kier molecular flexibility index (Phi) is 7.17. The number of rotatable bonds is 8. The van der Waals surface area contributed by atoms with Crippen LogP contribution in [0, 0.1) is 0 Å². The maximum absolute atomic E-state index is 12.5. The molecule has 1 aliphatic carbocycles. The Hall–Kier alpha value is -2.25. The van der Waals surface area contributed by atoms with E-state index in [4.69, 9.17) is 0 Å². The smallest absolute Gasteiger partial charge is 0.240 e. The van der Waals surface area contributed by atoms with Crippen LogP contribution in [0.5, 0.6) is 0 Å². The molecule has 28 heavy (non-hydrogen) atoms. The van der Waals surface area contributed by atoms with Gasteiger partial charge in [0.2, 0.25) is 15.9 Å². The lowest BCUT2D eigenvalue weighted by molar-refractivity contribution is -0.121. The van der Waals surface area contributed by atoms with Crippen molar-refractivity contribution in [1.82, 2.24) is 15.0 Å². The van der Waals surface area contributed by atoms with Crippen LogP contribution in [-0.2, 0) is 27.8 Å². The predicted octanol–water partition coefficient (Wildman–Crippen LogP) is 2.94. The first kappa shape index (κ1) is 20.5. The van der Waals surface area contributed by atoms with Crippen LogP contribution in [0.3, 0.4) is 0 Å². The summed E-state index contributed by atoms with van der Waals surface area (Å²) >= 11 is 0. The highest BCUT2D eigenvalue weighted by Crippen LogP contribution is 2.20. The van der Waals surface area contributed by atoms with Gasteiger partial charge in [0.15, 0.2) is 0 Å². The Labute approximate surface area is 166 Å². The number of benzene rings is 1. The number of amides is 1. The average molecular weight is 402 g/mol. The van der Waals surface area contributed by atoms with Gasteiger partial charge in [-0.2, -0.15) is 0 Å². The molecule has 1 aromatic carbocycles. The molecule has 3 rings (SSSR count). The minimum Gasteiger partial charge on any atom is -0.352 e. The predicted molar refractivity (Wildman–Crippen MR) is 108 cm³/mol. The van der Waals surface area contributed by atoms with E-state index >= 15 is 0 Å². The summed E-state index contributed by atoms with van der Waals surface area (Å²) in [5.74, 6) is -0.0421. The number of aromatic nitrogens is 1. The van der Waals surface area contributed by atoms with Crippen molar-refractivity contribution < 1.29 is 13.2 Å². The van der Waals surface area contributed by atoms with Crippen LogP contribution in [0.1, 0.15) is 49.7 Å². The lowest BCUT2D eigenvalue weighted by Gasteiger charge is -2.22. The monoisotopic (exact) mass is 401 g/mol. The molecular formula is C21H27N3O3S. The third-order valence-electron chi connectivity index (χ3n) is 5.01. The Bertz CT molecular complexity index is 862. The fraction of sp³-hybridized carbons (Fsp3) is 0.429. The molecule has 1 fully saturated rings. The van der Waals surface area contributed by atoms with Crippen molar-refractivity contribution in [3.63, 3.8) is 0 Å². The van der Waals surface area contributed by atoms with Crippen LogP contribution in [0.2, 0.25) is 0 Å². The number of nitrogens with one attached hydrogen (secondary N) is 2. The molecule has 0 spiro atoms. The minimum atomic E-state index is -3.48. The number of hydrogen-bond donors (Lipinski definition) is 2. The molecule has 0 radical (unpaired) electrons. The summed E-state index contributed by atoms with van der Waals surface area (Å²) in [4.78, 5) is 16.3. The Morgan fingerprint density at radius 1 is 1.04 bits per heavy atom. The molecule has 0 unspecified atom stereocenters. The quantitative estimate of drug-likeness (QED) is 0.712. The van der Waals surface area contributed by atoms with Gasteiger partial charge >= 0.3 is 0 Å². The van der Waals surface area contributed by atoms with Crippen molar-refractivity contribution >= 4 is 15.9 Å². The SMILES string of the molecule is O=C(CCc1ccc(S(=O)(=O)NC2CCCCC2)cc1)NCc1cccnc1. The molecule has 1 amide bonds. The van der Waals surface area contributed by atoms with Gasteiger partial charge in [-0.05, 0) is 48.6 Å². The summed E-state index contributed by atoms with van der Waals surface area (Å²) in [6.45, 7) is 0.455. The molecule has 1 aromatic heterocycles. The molecule has 0 aliphatic heterocycles. The summed E-state index contributed by atoms with van der Waals surface area (Å²) in [6.07, 6.45) is 9.49. The Morgan fingerprint density at radius 3 is 2.46 bits per heavy atom. The first-order valence-electron chi connectivity index (χ1n) is 9.80. The second-order valence-corrected chi connectivity index (χ2v) is 8.95. The van der Waals surface area contributed by atoms with Crippen LogP contribution in [-0.4, -0.2) is 25.4 Å². The molecule has 1 saturated carbocycles. The van der Waals surface area contributed by atoms with E-state index in [1.54, 1.807) is 36.7 Å². The Morgan fingerprint density at radius 2 is 1.79 bits per heavy atom. The molecule has 0 atom stereocenters. The summed E-state index contributed by atoms with van der Waals surface area (Å²) in [7, 11) is -3.48. The van der Waals surface area contributed by atoms with E-state index in [0.717, 1.165) is 36.8 Å². The summed E-state index contributed by atoms with van der Waals surface area (Å²) in [5, 5.41) is 2.87. The van der Waals surface area contributed by atoms with Crippen molar-refractivity contribution in [2.75, 3.05) is 0 Å². The molecule has 0 bridgehead atoms. The maximum atomic E-state index is 12.5. The lowest BCUT2D eigenvalue weighted by Crippen LogP contribution is -2.36. The number of pyridine rings is 1. The molecule has 0 saturated heterocycles. The fourth-order valence-corrected chi connectivity index (χ4v) is 4.70. The van der Waals surface area contributed by atoms with Gasteiger partial charge in [-0.3, -0.25) is 9.78 Å². The van der Waals surface area contributed by atoms with Gasteiger partial charge in [0.25, 0.3) is 0 Å². The minimum absolute atomic E-state index is 0.0421. The van der Waals surface area contributed by atoms with Gasteiger partial charge in [-0.25, -0.2) is 13.1 Å². The Balaban J connectivity index is 1.47. The first-order valence-corrected chi connectivity index (χ1v) is 11.3. The molecule has 6 nitrogen and oxygen atoms in total. The van der Waals surface area contributed by atoms with Gasteiger partial charge in [-0.1, -0.05) is 37.5 Å². The van der Waals surface area contributed by atoms with E-state index in [1.807, 2.05) is 12.1 Å². The molecule has 1 aliphatic rings. The van der Waals surface area contributed by atoms with Crippen LogP contribution in [0.4, 0.5) is 0 Å². The fourth-order valence-electron chi connectivity index (χ4n) is 3.39. The van der Waals surface area contributed by atoms with Gasteiger partial charge < -0.3 is 5.32 Å². The number of hydrogen-bond acceptors (Lipinski definition) is 4. The van der Waals surface area contributed by atoms with Crippen molar-refractivity contribution in [3.05, 3.63) is 59.9 Å². The van der Waals surface area contributed by atoms with Gasteiger partial charge in [0.1, 0.15) is 0 Å². The van der Waals surface area contributed by atoms with Crippen LogP contribution in [0.25, 0.3) is 0 Å². The molecule has 2 aromatic rings. The van der Waals surface area contributed by atoms with E-state index in [1.165, 1.54) is 6.42 Å². The van der Waals surface area contributed by atoms with Crippen LogP contribution < -0.4 is 10.0 Å². The topological polar surface area (TPSA) is 88.2 Å². The highest BCUT2D eigenvalue weighted by molar-refractivity contribution is 7.89. The largest absolute Gasteiger partial charge is 0.352 e. The summed E-state index contributed by atoms with van der Waals surface area (Å²) in [5.41, 5.74) is 1.89. The summed E-state index contributed by atoms with van der Waals surface area (Å²) in [6, 6.07) is 10.6. The van der Waals surface area contributed by atoms with E-state index in [0.29, 0.717) is 19.4 Å². The maximum Gasteiger partial charge on any atom is 0.240 e. The molecule has 2 N–H and O–H groups in total. The molecule has 1 heterocycles. The van der Waals surface area contributed by atoms with Gasteiger partial charge in [0, 0.05) is 31.4 Å². The second kappa shape index (κ2) is 9.80. The van der Waals surface area contributed by atoms with E-state index in [-0.39, 0.29) is 16.8 Å². The van der Waals surface area contributed by atoms with Crippen molar-refractivity contribution in [2.45, 2.75) is 62.4 Å². The van der Waals surface area contributed by atoms with E-state index in [9.17, 15) is 13.2 Å². The second-order valence-electron chi connectivity index (χ2n) is 7.24. The van der Waals surface area contributed by atoms with Crippen molar-refractivity contribution in [2.24, 2.45) is 0 Å².